The van der Waals surface area contributed by atoms with Gasteiger partial charge in [0.1, 0.15) is 0 Å². The number of thiophene rings is 1. The zero-order chi connectivity index (χ0) is 18.2. The second kappa shape index (κ2) is 7.35. The SMILES string of the molecule is O=S(=O)(Oc1cc(-c2ccc(Cl)cc2)c(Cl)cc1Cl)c1ccc(Cl)s1. The molecule has 3 nitrogen and oxygen atoms in total. The Hall–Kier alpha value is -0.950. The van der Waals surface area contributed by atoms with Crippen molar-refractivity contribution >= 4 is 67.9 Å². The maximum atomic E-state index is 12.4. The predicted octanol–water partition coefficient (Wildman–Crippen LogP) is 6.80. The second-order valence-electron chi connectivity index (χ2n) is 4.87. The molecule has 0 radical (unpaired) electrons. The van der Waals surface area contributed by atoms with Crippen molar-refractivity contribution in [3.05, 3.63) is 67.9 Å². The van der Waals surface area contributed by atoms with E-state index in [1.165, 1.54) is 24.3 Å². The normalized spacial score (nSPS) is 11.5. The van der Waals surface area contributed by atoms with Gasteiger partial charge in [-0.25, -0.2) is 0 Å². The van der Waals surface area contributed by atoms with Gasteiger partial charge in [-0.15, -0.1) is 11.3 Å². The fraction of sp³-hybridized carbons (Fsp3) is 0. The molecule has 0 fully saturated rings. The van der Waals surface area contributed by atoms with Gasteiger partial charge in [0.2, 0.25) is 0 Å². The summed E-state index contributed by atoms with van der Waals surface area (Å²) < 4.78 is 30.2. The third-order valence-corrected chi connectivity index (χ3v) is 6.95. The highest BCUT2D eigenvalue weighted by atomic mass is 35.5. The van der Waals surface area contributed by atoms with Gasteiger partial charge in [-0.2, -0.15) is 8.42 Å². The van der Waals surface area contributed by atoms with Gasteiger partial charge in [-0.05, 0) is 42.0 Å². The van der Waals surface area contributed by atoms with Crippen molar-refractivity contribution in [3.63, 3.8) is 0 Å². The van der Waals surface area contributed by atoms with E-state index in [0.29, 0.717) is 19.9 Å². The monoisotopic (exact) mass is 452 g/mol. The van der Waals surface area contributed by atoms with Gasteiger partial charge in [-0.3, -0.25) is 0 Å². The molecule has 0 N–H and O–H groups in total. The van der Waals surface area contributed by atoms with E-state index in [4.69, 9.17) is 50.6 Å². The molecule has 9 heteroatoms. The fourth-order valence-electron chi connectivity index (χ4n) is 2.03. The largest absolute Gasteiger partial charge is 0.377 e. The first-order chi connectivity index (χ1) is 11.8. The molecule has 0 atom stereocenters. The number of hydrogen-bond donors (Lipinski definition) is 0. The maximum absolute atomic E-state index is 12.4. The molecule has 1 aromatic heterocycles. The van der Waals surface area contributed by atoms with Crippen LogP contribution in [0.5, 0.6) is 5.75 Å². The van der Waals surface area contributed by atoms with E-state index in [9.17, 15) is 8.42 Å². The van der Waals surface area contributed by atoms with Crippen LogP contribution < -0.4 is 4.18 Å². The molecular weight excluding hydrogens is 446 g/mol. The van der Waals surface area contributed by atoms with Crippen LogP contribution >= 0.6 is 57.7 Å². The number of benzene rings is 2. The summed E-state index contributed by atoms with van der Waals surface area (Å²) in [5, 5.41) is 1.01. The van der Waals surface area contributed by atoms with Gasteiger partial charge in [0.05, 0.1) is 14.4 Å². The molecule has 2 aromatic carbocycles. The average Bonchev–Trinajstić information content (AvgIpc) is 2.98. The number of rotatable bonds is 4. The van der Waals surface area contributed by atoms with Crippen molar-refractivity contribution in [2.45, 2.75) is 4.21 Å². The van der Waals surface area contributed by atoms with Crippen LogP contribution in [0.25, 0.3) is 11.1 Å². The highest BCUT2D eigenvalue weighted by Crippen LogP contribution is 2.39. The summed E-state index contributed by atoms with van der Waals surface area (Å²) in [6, 6.07) is 12.7. The molecule has 0 saturated carbocycles. The molecule has 0 amide bonds. The lowest BCUT2D eigenvalue weighted by atomic mass is 10.1. The summed E-state index contributed by atoms with van der Waals surface area (Å²) in [7, 11) is -4.05. The molecule has 130 valence electrons. The first kappa shape index (κ1) is 18.8. The van der Waals surface area contributed by atoms with Gasteiger partial charge in [0, 0.05) is 10.6 Å². The Labute approximate surface area is 168 Å². The first-order valence-corrected chi connectivity index (χ1v) is 10.4. The Kier molecular flexibility index (Phi) is 5.54. The van der Waals surface area contributed by atoms with Gasteiger partial charge in [0.15, 0.2) is 9.96 Å². The standard InChI is InChI=1S/C16H8Cl4O3S2/c17-10-3-1-9(2-4-10)11-7-14(13(19)8-12(11)18)23-25(21,22)16-6-5-15(20)24-16/h1-8H. The molecule has 0 aliphatic carbocycles. The van der Waals surface area contributed by atoms with E-state index < -0.39 is 10.1 Å². The third kappa shape index (κ3) is 4.25. The van der Waals surface area contributed by atoms with Gasteiger partial charge >= 0.3 is 10.1 Å². The third-order valence-electron chi connectivity index (χ3n) is 3.17. The molecule has 0 spiro atoms. The molecule has 0 aliphatic heterocycles. The summed E-state index contributed by atoms with van der Waals surface area (Å²) in [6.45, 7) is 0. The smallest absolute Gasteiger partial charge is 0.348 e. The zero-order valence-electron chi connectivity index (χ0n) is 12.2. The number of hydrogen-bond acceptors (Lipinski definition) is 4. The highest BCUT2D eigenvalue weighted by Gasteiger charge is 2.22. The van der Waals surface area contributed by atoms with Crippen LogP contribution in [-0.2, 0) is 10.1 Å². The van der Waals surface area contributed by atoms with E-state index in [-0.39, 0.29) is 15.0 Å². The van der Waals surface area contributed by atoms with E-state index >= 15 is 0 Å². The minimum Gasteiger partial charge on any atom is -0.377 e. The summed E-state index contributed by atoms with van der Waals surface area (Å²) in [5.41, 5.74) is 1.31. The topological polar surface area (TPSA) is 43.4 Å². The summed E-state index contributed by atoms with van der Waals surface area (Å²) in [6.07, 6.45) is 0. The molecule has 0 unspecified atom stereocenters. The Morgan fingerprint density at radius 2 is 1.52 bits per heavy atom. The molecule has 0 aliphatic rings. The van der Waals surface area contributed by atoms with Crippen LogP contribution in [0, 0.1) is 0 Å². The molecule has 1 heterocycles. The Morgan fingerprint density at radius 1 is 0.840 bits per heavy atom. The van der Waals surface area contributed by atoms with Crippen LogP contribution in [0.2, 0.25) is 19.4 Å². The summed E-state index contributed by atoms with van der Waals surface area (Å²) in [4.78, 5) is 0. The van der Waals surface area contributed by atoms with Crippen LogP contribution in [0.3, 0.4) is 0 Å². The second-order valence-corrected chi connectivity index (χ2v) is 9.60. The molecular formula is C16H8Cl4O3S2. The van der Waals surface area contributed by atoms with Crippen molar-refractivity contribution in [2.75, 3.05) is 0 Å². The minimum atomic E-state index is -4.05. The van der Waals surface area contributed by atoms with Crippen LogP contribution in [0.1, 0.15) is 0 Å². The molecule has 0 bridgehead atoms. The lowest BCUT2D eigenvalue weighted by molar-refractivity contribution is 0.488. The Bertz CT molecular complexity index is 1030. The minimum absolute atomic E-state index is 0.0171. The zero-order valence-corrected chi connectivity index (χ0v) is 16.8. The van der Waals surface area contributed by atoms with E-state index in [1.54, 1.807) is 24.3 Å². The fourth-order valence-corrected chi connectivity index (χ4v) is 5.12. The molecule has 3 rings (SSSR count). The van der Waals surface area contributed by atoms with Crippen LogP contribution in [-0.4, -0.2) is 8.42 Å². The Balaban J connectivity index is 2.02. The van der Waals surface area contributed by atoms with Gasteiger partial charge in [-0.1, -0.05) is 58.5 Å². The highest BCUT2D eigenvalue weighted by molar-refractivity contribution is 7.89. The van der Waals surface area contributed by atoms with Crippen LogP contribution in [0.15, 0.2) is 52.7 Å². The predicted molar refractivity (Wildman–Crippen MR) is 104 cm³/mol. The van der Waals surface area contributed by atoms with Crippen molar-refractivity contribution in [1.82, 2.24) is 0 Å². The van der Waals surface area contributed by atoms with Gasteiger partial charge < -0.3 is 4.18 Å². The maximum Gasteiger partial charge on any atom is 0.348 e. The lowest BCUT2D eigenvalue weighted by Crippen LogP contribution is -2.08. The molecule has 25 heavy (non-hydrogen) atoms. The number of halogens is 4. The van der Waals surface area contributed by atoms with E-state index in [2.05, 4.69) is 0 Å². The summed E-state index contributed by atoms with van der Waals surface area (Å²) in [5.74, 6) is -0.0273. The van der Waals surface area contributed by atoms with E-state index in [0.717, 1.165) is 16.9 Å². The molecule has 0 saturated heterocycles. The van der Waals surface area contributed by atoms with Crippen molar-refractivity contribution in [3.8, 4) is 16.9 Å². The van der Waals surface area contributed by atoms with Crippen molar-refractivity contribution in [1.29, 1.82) is 0 Å². The quantitative estimate of drug-likeness (QED) is 0.408. The van der Waals surface area contributed by atoms with Gasteiger partial charge in [0.25, 0.3) is 0 Å². The first-order valence-electron chi connectivity index (χ1n) is 6.71. The van der Waals surface area contributed by atoms with Crippen LogP contribution in [0.4, 0.5) is 0 Å². The van der Waals surface area contributed by atoms with E-state index in [1.807, 2.05) is 0 Å². The average molecular weight is 454 g/mol. The van der Waals surface area contributed by atoms with Crippen molar-refractivity contribution < 1.29 is 12.6 Å². The van der Waals surface area contributed by atoms with Crippen molar-refractivity contribution in [2.24, 2.45) is 0 Å². The lowest BCUT2D eigenvalue weighted by Gasteiger charge is -2.11. The summed E-state index contributed by atoms with van der Waals surface area (Å²) >= 11 is 24.9. The Morgan fingerprint density at radius 3 is 2.12 bits per heavy atom. The molecule has 3 aromatic rings.